The van der Waals surface area contributed by atoms with E-state index in [1.165, 1.54) is 5.69 Å². The molecule has 3 heteroatoms. The third-order valence-electron chi connectivity index (χ3n) is 4.04. The maximum Gasteiger partial charge on any atom is 0.0853 e. The van der Waals surface area contributed by atoms with E-state index in [0.717, 1.165) is 28.6 Å². The number of aliphatic hydroxyl groups excluding tert-OH is 1. The second-order valence-electron chi connectivity index (χ2n) is 5.68. The highest BCUT2D eigenvalue weighted by Gasteiger charge is 1.99. The summed E-state index contributed by atoms with van der Waals surface area (Å²) < 4.78 is 0. The van der Waals surface area contributed by atoms with Gasteiger partial charge < -0.3 is 10.0 Å². The Morgan fingerprint density at radius 3 is 2.38 bits per heavy atom. The van der Waals surface area contributed by atoms with Crippen molar-refractivity contribution < 1.29 is 5.11 Å². The normalized spacial score (nSPS) is 10.3. The van der Waals surface area contributed by atoms with Crippen LogP contribution >= 0.6 is 0 Å². The standard InChI is InChI=1S/C21H20N2O/c1-3-23(2)20-11-6-16(7-12-20)4-5-17-8-13-21-18(14-17)9-10-19(15-24)22-21/h6-14,24H,3,15H2,1-2H3. The van der Waals surface area contributed by atoms with Crippen LogP contribution in [0, 0.1) is 11.8 Å². The van der Waals surface area contributed by atoms with Crippen LogP contribution in [-0.2, 0) is 6.61 Å². The van der Waals surface area contributed by atoms with Crippen molar-refractivity contribution >= 4 is 16.6 Å². The van der Waals surface area contributed by atoms with Gasteiger partial charge in [-0.05, 0) is 55.5 Å². The van der Waals surface area contributed by atoms with Crippen LogP contribution in [0.4, 0.5) is 5.69 Å². The molecule has 0 aliphatic heterocycles. The van der Waals surface area contributed by atoms with Gasteiger partial charge in [0.05, 0.1) is 17.8 Å². The summed E-state index contributed by atoms with van der Waals surface area (Å²) in [5.74, 6) is 6.41. The summed E-state index contributed by atoms with van der Waals surface area (Å²) in [6, 6.07) is 18.0. The van der Waals surface area contributed by atoms with Crippen LogP contribution in [-0.4, -0.2) is 23.7 Å². The first kappa shape index (κ1) is 16.0. The van der Waals surface area contributed by atoms with Gasteiger partial charge in [-0.25, -0.2) is 0 Å². The Hall–Kier alpha value is -2.83. The molecule has 1 N–H and O–H groups in total. The maximum absolute atomic E-state index is 9.14. The van der Waals surface area contributed by atoms with E-state index in [9.17, 15) is 0 Å². The highest BCUT2D eigenvalue weighted by atomic mass is 16.3. The molecular formula is C21H20N2O. The van der Waals surface area contributed by atoms with Gasteiger partial charge in [0.25, 0.3) is 0 Å². The fourth-order valence-electron chi connectivity index (χ4n) is 2.46. The van der Waals surface area contributed by atoms with Crippen molar-refractivity contribution in [1.29, 1.82) is 0 Å². The first-order chi connectivity index (χ1) is 11.7. The van der Waals surface area contributed by atoms with Crippen LogP contribution in [0.1, 0.15) is 23.7 Å². The van der Waals surface area contributed by atoms with E-state index in [-0.39, 0.29) is 6.61 Å². The number of nitrogens with zero attached hydrogens (tertiary/aromatic N) is 2. The molecule has 0 spiro atoms. The number of aliphatic hydroxyl groups is 1. The van der Waals surface area contributed by atoms with E-state index in [1.54, 1.807) is 0 Å². The van der Waals surface area contributed by atoms with Gasteiger partial charge in [0.1, 0.15) is 0 Å². The number of hydrogen-bond donors (Lipinski definition) is 1. The molecule has 3 nitrogen and oxygen atoms in total. The number of hydrogen-bond acceptors (Lipinski definition) is 3. The highest BCUT2D eigenvalue weighted by molar-refractivity contribution is 5.80. The molecule has 0 aliphatic rings. The Morgan fingerprint density at radius 2 is 1.67 bits per heavy atom. The fourth-order valence-corrected chi connectivity index (χ4v) is 2.46. The number of aromatic nitrogens is 1. The zero-order valence-electron chi connectivity index (χ0n) is 14.0. The van der Waals surface area contributed by atoms with Gasteiger partial charge in [-0.3, -0.25) is 4.98 Å². The number of rotatable bonds is 3. The topological polar surface area (TPSA) is 36.4 Å². The Labute approximate surface area is 142 Å². The van der Waals surface area contributed by atoms with E-state index < -0.39 is 0 Å². The lowest BCUT2D eigenvalue weighted by Crippen LogP contribution is -2.15. The molecule has 0 atom stereocenters. The molecule has 0 radical (unpaired) electrons. The second kappa shape index (κ2) is 7.16. The lowest BCUT2D eigenvalue weighted by atomic mass is 10.1. The van der Waals surface area contributed by atoms with Crippen LogP contribution in [0.5, 0.6) is 0 Å². The van der Waals surface area contributed by atoms with Gasteiger partial charge in [0, 0.05) is 35.8 Å². The Bertz CT molecular complexity index is 905. The molecular weight excluding hydrogens is 296 g/mol. The van der Waals surface area contributed by atoms with E-state index in [2.05, 4.69) is 47.8 Å². The van der Waals surface area contributed by atoms with Crippen LogP contribution < -0.4 is 4.90 Å². The summed E-state index contributed by atoms with van der Waals surface area (Å²) in [6.45, 7) is 3.07. The first-order valence-corrected chi connectivity index (χ1v) is 8.03. The molecule has 0 fully saturated rings. The van der Waals surface area contributed by atoms with Gasteiger partial charge in [-0.2, -0.15) is 0 Å². The smallest absolute Gasteiger partial charge is 0.0853 e. The largest absolute Gasteiger partial charge is 0.390 e. The van der Waals surface area contributed by atoms with E-state index >= 15 is 0 Å². The minimum Gasteiger partial charge on any atom is -0.390 e. The van der Waals surface area contributed by atoms with Crippen molar-refractivity contribution in [2.75, 3.05) is 18.5 Å². The molecule has 1 heterocycles. The lowest BCUT2D eigenvalue weighted by Gasteiger charge is -2.16. The molecule has 24 heavy (non-hydrogen) atoms. The summed E-state index contributed by atoms with van der Waals surface area (Å²) in [5, 5.41) is 10.2. The summed E-state index contributed by atoms with van der Waals surface area (Å²) in [5.41, 5.74) is 4.70. The van der Waals surface area contributed by atoms with Crippen molar-refractivity contribution in [3.05, 3.63) is 71.4 Å². The zero-order valence-corrected chi connectivity index (χ0v) is 14.0. The average molecular weight is 316 g/mol. The summed E-state index contributed by atoms with van der Waals surface area (Å²) in [7, 11) is 2.08. The molecule has 0 unspecified atom stereocenters. The van der Waals surface area contributed by atoms with Crippen molar-refractivity contribution in [3.63, 3.8) is 0 Å². The maximum atomic E-state index is 9.14. The second-order valence-corrected chi connectivity index (χ2v) is 5.68. The molecule has 0 saturated heterocycles. The van der Waals surface area contributed by atoms with Gasteiger partial charge in [-0.15, -0.1) is 0 Å². The molecule has 0 bridgehead atoms. The molecule has 0 saturated carbocycles. The first-order valence-electron chi connectivity index (χ1n) is 8.03. The number of anilines is 1. The monoisotopic (exact) mass is 316 g/mol. The number of fused-ring (bicyclic) bond motifs is 1. The van der Waals surface area contributed by atoms with Gasteiger partial charge >= 0.3 is 0 Å². The summed E-state index contributed by atoms with van der Waals surface area (Å²) in [6.07, 6.45) is 0. The predicted octanol–water partition coefficient (Wildman–Crippen LogP) is 3.58. The van der Waals surface area contributed by atoms with Gasteiger partial charge in [0.2, 0.25) is 0 Å². The van der Waals surface area contributed by atoms with E-state index in [4.69, 9.17) is 5.11 Å². The fraction of sp³-hybridized carbons (Fsp3) is 0.190. The molecule has 0 aliphatic carbocycles. The van der Waals surface area contributed by atoms with Gasteiger partial charge in [-0.1, -0.05) is 17.9 Å². The van der Waals surface area contributed by atoms with Crippen LogP contribution in [0.15, 0.2) is 54.6 Å². The van der Waals surface area contributed by atoms with Gasteiger partial charge in [0.15, 0.2) is 0 Å². The molecule has 1 aromatic heterocycles. The van der Waals surface area contributed by atoms with Crippen molar-refractivity contribution in [1.82, 2.24) is 4.98 Å². The van der Waals surface area contributed by atoms with E-state index in [0.29, 0.717) is 5.69 Å². The molecule has 0 amide bonds. The average Bonchev–Trinajstić information content (AvgIpc) is 2.65. The third kappa shape index (κ3) is 3.56. The minimum absolute atomic E-state index is 0.0410. The highest BCUT2D eigenvalue weighted by Crippen LogP contribution is 2.15. The Balaban J connectivity index is 1.83. The van der Waals surface area contributed by atoms with Crippen LogP contribution in [0.3, 0.4) is 0 Å². The lowest BCUT2D eigenvalue weighted by molar-refractivity contribution is 0.277. The minimum atomic E-state index is -0.0410. The number of benzene rings is 2. The van der Waals surface area contributed by atoms with E-state index in [1.807, 2.05) is 42.5 Å². The van der Waals surface area contributed by atoms with Crippen LogP contribution in [0.25, 0.3) is 10.9 Å². The number of pyridine rings is 1. The third-order valence-corrected chi connectivity index (χ3v) is 4.04. The van der Waals surface area contributed by atoms with Crippen molar-refractivity contribution in [2.45, 2.75) is 13.5 Å². The van der Waals surface area contributed by atoms with Crippen LogP contribution in [0.2, 0.25) is 0 Å². The summed E-state index contributed by atoms with van der Waals surface area (Å²) in [4.78, 5) is 6.57. The predicted molar refractivity (Wildman–Crippen MR) is 99.0 cm³/mol. The molecule has 120 valence electrons. The van der Waals surface area contributed by atoms with Crippen molar-refractivity contribution in [3.8, 4) is 11.8 Å². The quantitative estimate of drug-likeness (QED) is 0.750. The molecule has 2 aromatic carbocycles. The molecule has 3 aromatic rings. The Kier molecular flexibility index (Phi) is 4.79. The summed E-state index contributed by atoms with van der Waals surface area (Å²) >= 11 is 0. The zero-order chi connectivity index (χ0) is 16.9. The SMILES string of the molecule is CCN(C)c1ccc(C#Cc2ccc3nc(CO)ccc3c2)cc1. The Morgan fingerprint density at radius 1 is 0.958 bits per heavy atom. The molecule has 3 rings (SSSR count). The van der Waals surface area contributed by atoms with Crippen molar-refractivity contribution in [2.24, 2.45) is 0 Å².